The molecule has 0 aromatic heterocycles. The smallest absolute Gasteiger partial charge is 0.200 e. The maximum atomic E-state index is 13.4. The van der Waals surface area contributed by atoms with Crippen molar-refractivity contribution in [2.24, 2.45) is 0 Å². The number of phenolic OH excluding ortho intramolecular Hbond substituents is 1. The molecule has 0 amide bonds. The van der Waals surface area contributed by atoms with Crippen LogP contribution in [0.25, 0.3) is 11.1 Å². The first-order valence-electron chi connectivity index (χ1n) is 4.52. The normalized spacial score (nSPS) is 10.4. The quantitative estimate of drug-likeness (QED) is 0.786. The summed E-state index contributed by atoms with van der Waals surface area (Å²) in [5.41, 5.74) is 0.327. The second kappa shape index (κ2) is 3.89. The summed E-state index contributed by atoms with van der Waals surface area (Å²) in [4.78, 5) is 0. The highest BCUT2D eigenvalue weighted by Crippen LogP contribution is 2.28. The average Bonchev–Trinajstić information content (AvgIpc) is 2.28. The Morgan fingerprint density at radius 2 is 1.38 bits per heavy atom. The lowest BCUT2D eigenvalue weighted by Crippen LogP contribution is -1.90. The van der Waals surface area contributed by atoms with Gasteiger partial charge in [0.1, 0.15) is 5.82 Å². The summed E-state index contributed by atoms with van der Waals surface area (Å²) in [6.45, 7) is 0. The molecule has 0 aliphatic carbocycles. The van der Waals surface area contributed by atoms with Gasteiger partial charge < -0.3 is 5.11 Å². The van der Waals surface area contributed by atoms with E-state index in [4.69, 9.17) is 5.11 Å². The van der Waals surface area contributed by atoms with Crippen LogP contribution in [-0.2, 0) is 0 Å². The number of halogens is 3. The first-order valence-corrected chi connectivity index (χ1v) is 4.52. The molecule has 0 unspecified atom stereocenters. The fourth-order valence-electron chi connectivity index (χ4n) is 1.39. The highest BCUT2D eigenvalue weighted by atomic mass is 19.2. The van der Waals surface area contributed by atoms with Gasteiger partial charge in [0, 0.05) is 5.56 Å². The predicted molar refractivity (Wildman–Crippen MR) is 53.4 cm³/mol. The lowest BCUT2D eigenvalue weighted by Gasteiger charge is -2.05. The van der Waals surface area contributed by atoms with Gasteiger partial charge in [-0.3, -0.25) is 0 Å². The standard InChI is InChI=1S/C12H7F3O/c13-8-3-1-7(2-4-8)9-5-6-10(16)12(15)11(9)14/h1-6,16H. The lowest BCUT2D eigenvalue weighted by atomic mass is 10.0. The molecule has 1 N–H and O–H groups in total. The number of hydrogen-bond acceptors (Lipinski definition) is 1. The van der Waals surface area contributed by atoms with Gasteiger partial charge in [-0.05, 0) is 29.8 Å². The molecule has 0 fully saturated rings. The summed E-state index contributed by atoms with van der Waals surface area (Å²) in [6.07, 6.45) is 0. The average molecular weight is 224 g/mol. The van der Waals surface area contributed by atoms with E-state index in [0.29, 0.717) is 5.56 Å². The summed E-state index contributed by atoms with van der Waals surface area (Å²) in [5.74, 6) is -3.65. The molecule has 2 rings (SSSR count). The van der Waals surface area contributed by atoms with Gasteiger partial charge in [-0.15, -0.1) is 0 Å². The Kier molecular flexibility index (Phi) is 2.56. The number of phenols is 1. The van der Waals surface area contributed by atoms with Crippen LogP contribution in [0.1, 0.15) is 0 Å². The minimum Gasteiger partial charge on any atom is -0.505 e. The Hall–Kier alpha value is -1.97. The molecule has 0 aliphatic heterocycles. The van der Waals surface area contributed by atoms with Crippen molar-refractivity contribution in [2.75, 3.05) is 0 Å². The van der Waals surface area contributed by atoms with Crippen LogP contribution in [0, 0.1) is 17.5 Å². The third-order valence-corrected chi connectivity index (χ3v) is 2.22. The van der Waals surface area contributed by atoms with Crippen LogP contribution >= 0.6 is 0 Å². The second-order valence-electron chi connectivity index (χ2n) is 3.27. The molecule has 2 aromatic carbocycles. The molecule has 0 radical (unpaired) electrons. The molecular weight excluding hydrogens is 217 g/mol. The summed E-state index contributed by atoms with van der Waals surface area (Å²) >= 11 is 0. The zero-order valence-electron chi connectivity index (χ0n) is 8.05. The highest BCUT2D eigenvalue weighted by molar-refractivity contribution is 5.65. The Morgan fingerprint density at radius 3 is 2.00 bits per heavy atom. The molecule has 16 heavy (non-hydrogen) atoms. The Morgan fingerprint density at radius 1 is 0.750 bits per heavy atom. The monoisotopic (exact) mass is 224 g/mol. The van der Waals surface area contributed by atoms with Gasteiger partial charge in [-0.25, -0.2) is 8.78 Å². The third-order valence-electron chi connectivity index (χ3n) is 2.22. The zero-order chi connectivity index (χ0) is 11.7. The molecule has 0 atom stereocenters. The fourth-order valence-corrected chi connectivity index (χ4v) is 1.39. The van der Waals surface area contributed by atoms with E-state index in [1.165, 1.54) is 18.2 Å². The van der Waals surface area contributed by atoms with Crippen LogP contribution in [0.2, 0.25) is 0 Å². The molecule has 2 aromatic rings. The molecule has 0 aliphatic rings. The van der Waals surface area contributed by atoms with Crippen LogP contribution in [0.3, 0.4) is 0 Å². The summed E-state index contributed by atoms with van der Waals surface area (Å²) in [5, 5.41) is 8.94. The van der Waals surface area contributed by atoms with Gasteiger partial charge in [0.05, 0.1) is 0 Å². The van der Waals surface area contributed by atoms with E-state index < -0.39 is 23.2 Å². The van der Waals surface area contributed by atoms with Crippen molar-refractivity contribution in [1.82, 2.24) is 0 Å². The predicted octanol–water partition coefficient (Wildman–Crippen LogP) is 3.48. The van der Waals surface area contributed by atoms with Crippen molar-refractivity contribution in [3.05, 3.63) is 53.8 Å². The lowest BCUT2D eigenvalue weighted by molar-refractivity contribution is 0.408. The van der Waals surface area contributed by atoms with Gasteiger partial charge in [0.2, 0.25) is 5.82 Å². The third kappa shape index (κ3) is 1.74. The first-order chi connectivity index (χ1) is 7.59. The van der Waals surface area contributed by atoms with Crippen LogP contribution in [0.4, 0.5) is 13.2 Å². The van der Waals surface area contributed by atoms with Crippen LogP contribution in [0.15, 0.2) is 36.4 Å². The van der Waals surface area contributed by atoms with E-state index in [9.17, 15) is 13.2 Å². The summed E-state index contributed by atoms with van der Waals surface area (Å²) in [6, 6.07) is 7.27. The van der Waals surface area contributed by atoms with Gasteiger partial charge in [0.15, 0.2) is 11.6 Å². The number of aromatic hydroxyl groups is 1. The maximum Gasteiger partial charge on any atom is 0.200 e. The van der Waals surface area contributed by atoms with E-state index in [-0.39, 0.29) is 5.56 Å². The minimum atomic E-state index is -1.30. The van der Waals surface area contributed by atoms with E-state index in [1.54, 1.807) is 0 Å². The molecule has 0 heterocycles. The molecule has 4 heteroatoms. The fraction of sp³-hybridized carbons (Fsp3) is 0. The number of benzene rings is 2. The van der Waals surface area contributed by atoms with Crippen LogP contribution < -0.4 is 0 Å². The molecule has 0 saturated carbocycles. The zero-order valence-corrected chi connectivity index (χ0v) is 8.05. The largest absolute Gasteiger partial charge is 0.505 e. The maximum absolute atomic E-state index is 13.4. The Balaban J connectivity index is 2.57. The highest BCUT2D eigenvalue weighted by Gasteiger charge is 2.13. The van der Waals surface area contributed by atoms with E-state index in [1.807, 2.05) is 0 Å². The molecule has 0 saturated heterocycles. The summed E-state index contributed by atoms with van der Waals surface area (Å²) in [7, 11) is 0. The molecule has 0 bridgehead atoms. The van der Waals surface area contributed by atoms with Crippen molar-refractivity contribution in [3.63, 3.8) is 0 Å². The van der Waals surface area contributed by atoms with Gasteiger partial charge in [-0.2, -0.15) is 4.39 Å². The van der Waals surface area contributed by atoms with Crippen molar-refractivity contribution in [2.45, 2.75) is 0 Å². The van der Waals surface area contributed by atoms with Gasteiger partial charge in [-0.1, -0.05) is 12.1 Å². The number of hydrogen-bond donors (Lipinski definition) is 1. The van der Waals surface area contributed by atoms with Gasteiger partial charge >= 0.3 is 0 Å². The van der Waals surface area contributed by atoms with Crippen LogP contribution in [0.5, 0.6) is 5.75 Å². The molecule has 82 valence electrons. The number of rotatable bonds is 1. The Bertz CT molecular complexity index is 521. The van der Waals surface area contributed by atoms with Crippen molar-refractivity contribution in [1.29, 1.82) is 0 Å². The first kappa shape index (κ1) is 10.5. The molecular formula is C12H7F3O. The molecule has 0 spiro atoms. The van der Waals surface area contributed by atoms with E-state index in [2.05, 4.69) is 0 Å². The van der Waals surface area contributed by atoms with Gasteiger partial charge in [0.25, 0.3) is 0 Å². The summed E-state index contributed by atoms with van der Waals surface area (Å²) < 4.78 is 39.1. The topological polar surface area (TPSA) is 20.2 Å². The van der Waals surface area contributed by atoms with E-state index >= 15 is 0 Å². The Labute approximate surface area is 89.8 Å². The van der Waals surface area contributed by atoms with E-state index in [0.717, 1.165) is 18.2 Å². The SMILES string of the molecule is Oc1ccc(-c2ccc(F)cc2)c(F)c1F. The van der Waals surface area contributed by atoms with Crippen LogP contribution in [-0.4, -0.2) is 5.11 Å². The van der Waals surface area contributed by atoms with Crippen molar-refractivity contribution in [3.8, 4) is 16.9 Å². The minimum absolute atomic E-state index is 0.0182. The van der Waals surface area contributed by atoms with Crippen molar-refractivity contribution >= 4 is 0 Å². The molecule has 1 nitrogen and oxygen atoms in total. The second-order valence-corrected chi connectivity index (χ2v) is 3.27. The van der Waals surface area contributed by atoms with Crippen molar-refractivity contribution < 1.29 is 18.3 Å².